The second kappa shape index (κ2) is 16.1. The summed E-state index contributed by atoms with van der Waals surface area (Å²) >= 11 is 0. The van der Waals surface area contributed by atoms with Gasteiger partial charge in [-0.1, -0.05) is 43.3 Å². The molecular weight excluding hydrogens is 643 g/mol. The summed E-state index contributed by atoms with van der Waals surface area (Å²) in [5.41, 5.74) is 0.313. The quantitative estimate of drug-likeness (QED) is 0.333. The van der Waals surface area contributed by atoms with Crippen molar-refractivity contribution in [1.82, 2.24) is 9.21 Å². The van der Waals surface area contributed by atoms with Crippen molar-refractivity contribution in [2.24, 2.45) is 5.92 Å². The van der Waals surface area contributed by atoms with Crippen molar-refractivity contribution < 1.29 is 36.2 Å². The average molecular weight is 688 g/mol. The van der Waals surface area contributed by atoms with Crippen LogP contribution in [-0.4, -0.2) is 88.7 Å². The number of rotatable bonds is 9. The maximum atomic E-state index is 14.3. The molecule has 0 saturated heterocycles. The number of likely N-dealkylation sites (N-methyl/N-ethyl adjacent to an activating group) is 1. The smallest absolute Gasteiger partial charge is 0.261 e. The number of sulfonamides is 2. The van der Waals surface area contributed by atoms with E-state index in [-0.39, 0.29) is 52.8 Å². The maximum absolute atomic E-state index is 14.3. The van der Waals surface area contributed by atoms with Gasteiger partial charge in [-0.15, -0.1) is 0 Å². The summed E-state index contributed by atoms with van der Waals surface area (Å²) in [6.45, 7) is 5.73. The Labute approximate surface area is 278 Å². The van der Waals surface area contributed by atoms with Crippen LogP contribution in [0.2, 0.25) is 0 Å². The maximum Gasteiger partial charge on any atom is 0.261 e. The molecule has 47 heavy (non-hydrogen) atoms. The fraction of sp³-hybridized carbons (Fsp3) is 0.441. The van der Waals surface area contributed by atoms with E-state index in [4.69, 9.17) is 9.47 Å². The SMILES string of the molecule is C[C@H](CO)N1C[C@H](C)[C@@H](CN(C)S(=O)(=O)c2ccccc2)OCCCC[C@H](C)Oc2ccc(NS(=O)(=O)c3ccccc3)cc2C1=O. The van der Waals surface area contributed by atoms with Crippen molar-refractivity contribution >= 4 is 31.6 Å². The van der Waals surface area contributed by atoms with Crippen molar-refractivity contribution in [2.75, 3.05) is 38.1 Å². The fourth-order valence-electron chi connectivity index (χ4n) is 5.39. The first-order valence-electron chi connectivity index (χ1n) is 15.8. The third-order valence-electron chi connectivity index (χ3n) is 8.25. The van der Waals surface area contributed by atoms with Crippen molar-refractivity contribution in [2.45, 2.75) is 68.1 Å². The number of aliphatic hydroxyl groups excluding tert-OH is 1. The highest BCUT2D eigenvalue weighted by Gasteiger charge is 2.32. The van der Waals surface area contributed by atoms with Gasteiger partial charge in [0.05, 0.1) is 40.2 Å². The lowest BCUT2D eigenvalue weighted by Gasteiger charge is -2.35. The Kier molecular flexibility index (Phi) is 12.4. The molecule has 0 aromatic heterocycles. The van der Waals surface area contributed by atoms with E-state index in [0.717, 1.165) is 12.8 Å². The molecule has 1 aliphatic rings. The molecule has 0 fully saturated rings. The van der Waals surface area contributed by atoms with E-state index >= 15 is 0 Å². The minimum atomic E-state index is -3.94. The molecule has 0 bridgehead atoms. The molecule has 0 saturated carbocycles. The predicted molar refractivity (Wildman–Crippen MR) is 180 cm³/mol. The van der Waals surface area contributed by atoms with Crippen LogP contribution in [0.15, 0.2) is 88.7 Å². The minimum absolute atomic E-state index is 0.0510. The number of benzene rings is 3. The second-order valence-corrected chi connectivity index (χ2v) is 15.8. The third-order valence-corrected chi connectivity index (χ3v) is 11.5. The van der Waals surface area contributed by atoms with Crippen LogP contribution in [0.4, 0.5) is 5.69 Å². The van der Waals surface area contributed by atoms with Gasteiger partial charge in [0.1, 0.15) is 5.75 Å². The number of amides is 1. The Morgan fingerprint density at radius 2 is 1.60 bits per heavy atom. The molecule has 1 amide bonds. The Hall–Kier alpha value is -3.49. The van der Waals surface area contributed by atoms with Crippen molar-refractivity contribution in [3.8, 4) is 5.75 Å². The van der Waals surface area contributed by atoms with Crippen LogP contribution in [0.3, 0.4) is 0 Å². The van der Waals surface area contributed by atoms with Gasteiger partial charge in [0.25, 0.3) is 15.9 Å². The number of carbonyl (C=O) groups excluding carboxylic acids is 1. The number of nitrogens with one attached hydrogen (secondary N) is 1. The van der Waals surface area contributed by atoms with Crippen LogP contribution in [0.25, 0.3) is 0 Å². The lowest BCUT2D eigenvalue weighted by molar-refractivity contribution is -0.00833. The van der Waals surface area contributed by atoms with Gasteiger partial charge in [-0.2, -0.15) is 4.31 Å². The molecule has 13 heteroatoms. The molecule has 0 spiro atoms. The second-order valence-electron chi connectivity index (χ2n) is 12.0. The molecule has 3 aromatic carbocycles. The summed E-state index contributed by atoms with van der Waals surface area (Å²) in [6.07, 6.45) is 1.32. The molecule has 256 valence electrons. The number of hydrogen-bond donors (Lipinski definition) is 2. The molecule has 1 heterocycles. The average Bonchev–Trinajstić information content (AvgIpc) is 3.06. The van der Waals surface area contributed by atoms with Crippen LogP contribution in [0.5, 0.6) is 5.75 Å². The first-order chi connectivity index (χ1) is 22.3. The number of ether oxygens (including phenoxy) is 2. The number of carbonyl (C=O) groups is 1. The Bertz CT molecular complexity index is 1690. The summed E-state index contributed by atoms with van der Waals surface area (Å²) < 4.78 is 69.2. The van der Waals surface area contributed by atoms with E-state index < -0.39 is 38.1 Å². The van der Waals surface area contributed by atoms with Crippen LogP contribution in [0.1, 0.15) is 50.4 Å². The number of fused-ring (bicyclic) bond motifs is 1. The molecule has 11 nitrogen and oxygen atoms in total. The molecule has 4 atom stereocenters. The Morgan fingerprint density at radius 3 is 2.23 bits per heavy atom. The predicted octanol–water partition coefficient (Wildman–Crippen LogP) is 4.60. The largest absolute Gasteiger partial charge is 0.490 e. The summed E-state index contributed by atoms with van der Waals surface area (Å²) in [5, 5.41) is 10.2. The van der Waals surface area contributed by atoms with Crippen molar-refractivity contribution in [3.05, 3.63) is 84.4 Å². The Balaban J connectivity index is 1.68. The Morgan fingerprint density at radius 1 is 0.957 bits per heavy atom. The van der Waals surface area contributed by atoms with Crippen LogP contribution < -0.4 is 9.46 Å². The number of nitrogens with zero attached hydrogens (tertiary/aromatic N) is 2. The van der Waals surface area contributed by atoms with Gasteiger partial charge in [-0.05, 0) is 75.6 Å². The molecule has 3 aromatic rings. The minimum Gasteiger partial charge on any atom is -0.490 e. The molecule has 1 aliphatic heterocycles. The van der Waals surface area contributed by atoms with E-state index in [9.17, 15) is 26.7 Å². The number of anilines is 1. The summed E-state index contributed by atoms with van der Waals surface area (Å²) in [4.78, 5) is 16.1. The van der Waals surface area contributed by atoms with Crippen molar-refractivity contribution in [3.63, 3.8) is 0 Å². The van der Waals surface area contributed by atoms with Crippen LogP contribution in [0, 0.1) is 5.92 Å². The molecule has 0 radical (unpaired) electrons. The first kappa shape index (κ1) is 36.3. The topological polar surface area (TPSA) is 143 Å². The molecule has 0 aliphatic carbocycles. The highest BCUT2D eigenvalue weighted by Crippen LogP contribution is 2.30. The molecular formula is C34H45N3O8S2. The van der Waals surface area contributed by atoms with Gasteiger partial charge < -0.3 is 19.5 Å². The van der Waals surface area contributed by atoms with Crippen LogP contribution >= 0.6 is 0 Å². The third kappa shape index (κ3) is 9.32. The van der Waals surface area contributed by atoms with Gasteiger partial charge in [0, 0.05) is 38.3 Å². The van der Waals surface area contributed by atoms with Gasteiger partial charge in [-0.25, -0.2) is 16.8 Å². The number of aliphatic hydroxyl groups is 1. The zero-order chi connectivity index (χ0) is 34.2. The highest BCUT2D eigenvalue weighted by atomic mass is 32.2. The molecule has 4 rings (SSSR count). The summed E-state index contributed by atoms with van der Waals surface area (Å²) in [6, 6.07) is 20.1. The standard InChI is InChI=1S/C34H45N3O8S2/c1-25-22-37(26(2)24-38)34(39)31-21-28(35-46(40,41)29-14-7-5-8-15-29)18-19-32(31)45-27(3)13-11-12-20-44-33(25)23-36(4)47(42,43)30-16-9-6-10-17-30/h5-10,14-19,21,25-27,33,35,38H,11-13,20,22-24H2,1-4H3/t25-,26+,27-,33+/m0/s1. The van der Waals surface area contributed by atoms with Gasteiger partial charge >= 0.3 is 0 Å². The lowest BCUT2D eigenvalue weighted by Crippen LogP contribution is -2.48. The zero-order valence-electron chi connectivity index (χ0n) is 27.3. The van der Waals surface area contributed by atoms with Gasteiger partial charge in [0.2, 0.25) is 10.0 Å². The van der Waals surface area contributed by atoms with Crippen LogP contribution in [-0.2, 0) is 24.8 Å². The van der Waals surface area contributed by atoms with E-state index in [2.05, 4.69) is 4.72 Å². The summed E-state index contributed by atoms with van der Waals surface area (Å²) in [5.74, 6) is -0.527. The van der Waals surface area contributed by atoms with E-state index in [1.807, 2.05) is 13.8 Å². The monoisotopic (exact) mass is 687 g/mol. The van der Waals surface area contributed by atoms with E-state index in [1.54, 1.807) is 67.6 Å². The fourth-order valence-corrected chi connectivity index (χ4v) is 7.66. The van der Waals surface area contributed by atoms with E-state index in [1.165, 1.54) is 34.5 Å². The van der Waals surface area contributed by atoms with E-state index in [0.29, 0.717) is 18.8 Å². The normalized spacial score (nSPS) is 20.9. The van der Waals surface area contributed by atoms with Crippen molar-refractivity contribution in [1.29, 1.82) is 0 Å². The molecule has 2 N–H and O–H groups in total. The summed E-state index contributed by atoms with van der Waals surface area (Å²) in [7, 11) is -6.22. The zero-order valence-corrected chi connectivity index (χ0v) is 28.9. The first-order valence-corrected chi connectivity index (χ1v) is 18.7. The highest BCUT2D eigenvalue weighted by molar-refractivity contribution is 7.92. The number of hydrogen-bond acceptors (Lipinski definition) is 8. The van der Waals surface area contributed by atoms with Gasteiger partial charge in [0.15, 0.2) is 0 Å². The van der Waals surface area contributed by atoms with Gasteiger partial charge in [-0.3, -0.25) is 9.52 Å². The lowest BCUT2D eigenvalue weighted by atomic mass is 10.0. The molecule has 0 unspecified atom stereocenters.